The topological polar surface area (TPSA) is 116 Å². The van der Waals surface area contributed by atoms with Gasteiger partial charge in [0.15, 0.2) is 0 Å². The van der Waals surface area contributed by atoms with Crippen molar-refractivity contribution in [2.24, 2.45) is 10.7 Å². The monoisotopic (exact) mass is 280 g/mol. The molecule has 0 radical (unpaired) electrons. The normalized spacial score (nSPS) is 13.2. The van der Waals surface area contributed by atoms with Crippen molar-refractivity contribution in [3.8, 4) is 11.5 Å². The number of rotatable bonds is 7. The van der Waals surface area contributed by atoms with Gasteiger partial charge in [-0.1, -0.05) is 0 Å². The van der Waals surface area contributed by atoms with Crippen molar-refractivity contribution < 1.29 is 20.1 Å². The van der Waals surface area contributed by atoms with E-state index in [1.807, 2.05) is 0 Å². The molecule has 0 amide bonds. The molecule has 6 nitrogen and oxygen atoms in total. The first kappa shape index (κ1) is 16.0. The predicted molar refractivity (Wildman–Crippen MR) is 76.3 cm³/mol. The zero-order valence-corrected chi connectivity index (χ0v) is 11.4. The molecule has 20 heavy (non-hydrogen) atoms. The van der Waals surface area contributed by atoms with Crippen LogP contribution >= 0.6 is 0 Å². The first-order valence-corrected chi connectivity index (χ1v) is 6.45. The fourth-order valence-corrected chi connectivity index (χ4v) is 1.84. The molecule has 1 aromatic carbocycles. The number of benzene rings is 1. The van der Waals surface area contributed by atoms with Crippen molar-refractivity contribution in [2.75, 3.05) is 6.54 Å². The third-order valence-electron chi connectivity index (χ3n) is 2.94. The summed E-state index contributed by atoms with van der Waals surface area (Å²) in [6.07, 6.45) is 1.81. The fourth-order valence-electron chi connectivity index (χ4n) is 1.84. The Morgan fingerprint density at radius 3 is 2.65 bits per heavy atom. The van der Waals surface area contributed by atoms with E-state index in [4.69, 9.17) is 10.8 Å². The van der Waals surface area contributed by atoms with Crippen LogP contribution in [-0.2, 0) is 4.79 Å². The van der Waals surface area contributed by atoms with Gasteiger partial charge >= 0.3 is 5.97 Å². The number of nitrogens with two attached hydrogens (primary N) is 1. The molecular formula is C14H20N2O4. The van der Waals surface area contributed by atoms with Crippen molar-refractivity contribution in [2.45, 2.75) is 32.2 Å². The minimum atomic E-state index is -1.01. The Kier molecular flexibility index (Phi) is 5.99. The lowest BCUT2D eigenvalue weighted by Gasteiger charge is -2.10. The van der Waals surface area contributed by atoms with Gasteiger partial charge in [-0.3, -0.25) is 4.99 Å². The van der Waals surface area contributed by atoms with E-state index in [9.17, 15) is 15.0 Å². The largest absolute Gasteiger partial charge is 0.508 e. The highest BCUT2D eigenvalue weighted by atomic mass is 16.4. The van der Waals surface area contributed by atoms with Crippen molar-refractivity contribution >= 4 is 11.7 Å². The number of aliphatic carboxylic acids is 1. The lowest BCUT2D eigenvalue weighted by Crippen LogP contribution is -2.20. The van der Waals surface area contributed by atoms with Crippen LogP contribution in [0.15, 0.2) is 23.2 Å². The van der Waals surface area contributed by atoms with E-state index in [1.165, 1.54) is 18.2 Å². The second kappa shape index (κ2) is 7.49. The van der Waals surface area contributed by atoms with Crippen LogP contribution in [0.5, 0.6) is 11.5 Å². The molecule has 0 fully saturated rings. The number of unbranched alkanes of at least 4 members (excludes halogenated alkanes) is 1. The second-order valence-corrected chi connectivity index (χ2v) is 4.55. The highest BCUT2D eigenvalue weighted by Crippen LogP contribution is 2.23. The number of hydrogen-bond acceptors (Lipinski definition) is 5. The van der Waals surface area contributed by atoms with Gasteiger partial charge in [-0.15, -0.1) is 0 Å². The van der Waals surface area contributed by atoms with Crippen LogP contribution in [0.25, 0.3) is 0 Å². The summed E-state index contributed by atoms with van der Waals surface area (Å²) >= 11 is 0. The molecular weight excluding hydrogens is 260 g/mol. The van der Waals surface area contributed by atoms with Crippen molar-refractivity contribution in [1.29, 1.82) is 0 Å². The average molecular weight is 280 g/mol. The molecule has 1 rings (SSSR count). The summed E-state index contributed by atoms with van der Waals surface area (Å²) in [6, 6.07) is 3.17. The molecule has 0 saturated carbocycles. The number of carbonyl (C=O) groups is 1. The SMILES string of the molecule is C/C(=N\C(CCCCN)C(=O)O)c1cc(O)ccc1O. The van der Waals surface area contributed by atoms with E-state index in [-0.39, 0.29) is 11.5 Å². The zero-order chi connectivity index (χ0) is 15.1. The van der Waals surface area contributed by atoms with Crippen LogP contribution in [0.1, 0.15) is 31.7 Å². The highest BCUT2D eigenvalue weighted by Gasteiger charge is 2.17. The van der Waals surface area contributed by atoms with Crippen molar-refractivity contribution in [3.05, 3.63) is 23.8 Å². The number of hydrogen-bond donors (Lipinski definition) is 4. The second-order valence-electron chi connectivity index (χ2n) is 4.55. The minimum Gasteiger partial charge on any atom is -0.508 e. The lowest BCUT2D eigenvalue weighted by molar-refractivity contribution is -0.138. The Balaban J connectivity index is 2.92. The van der Waals surface area contributed by atoms with Crippen LogP contribution in [-0.4, -0.2) is 39.6 Å². The molecule has 6 heteroatoms. The van der Waals surface area contributed by atoms with Gasteiger partial charge in [-0.2, -0.15) is 0 Å². The standard InChI is InChI=1S/C14H20N2O4/c1-9(11-8-10(17)5-6-13(11)18)16-12(14(19)20)4-2-3-7-15/h5-6,8,12,17-18H,2-4,7,15H2,1H3,(H,19,20)/b16-9+. The summed E-state index contributed by atoms with van der Waals surface area (Å²) in [5, 5.41) is 28.3. The third-order valence-corrected chi connectivity index (χ3v) is 2.94. The Morgan fingerprint density at radius 2 is 2.05 bits per heavy atom. The summed E-state index contributed by atoms with van der Waals surface area (Å²) in [6.45, 7) is 2.12. The molecule has 1 aromatic rings. The maximum absolute atomic E-state index is 11.2. The fraction of sp³-hybridized carbons (Fsp3) is 0.429. The van der Waals surface area contributed by atoms with E-state index in [2.05, 4.69) is 4.99 Å². The maximum Gasteiger partial charge on any atom is 0.328 e. The summed E-state index contributed by atoms with van der Waals surface area (Å²) in [5.41, 5.74) is 6.08. The summed E-state index contributed by atoms with van der Waals surface area (Å²) in [4.78, 5) is 15.3. The molecule has 0 aliphatic heterocycles. The molecule has 0 saturated heterocycles. The van der Waals surface area contributed by atoms with Gasteiger partial charge in [0, 0.05) is 11.3 Å². The molecule has 1 atom stereocenters. The number of aliphatic imine (C=N–C) groups is 1. The summed E-state index contributed by atoms with van der Waals surface area (Å²) < 4.78 is 0. The first-order chi connectivity index (χ1) is 9.45. The van der Waals surface area contributed by atoms with Gasteiger partial charge in [-0.05, 0) is 50.9 Å². The van der Waals surface area contributed by atoms with Gasteiger partial charge in [-0.25, -0.2) is 4.79 Å². The lowest BCUT2D eigenvalue weighted by atomic mass is 10.1. The van der Waals surface area contributed by atoms with E-state index in [0.29, 0.717) is 30.7 Å². The molecule has 5 N–H and O–H groups in total. The Labute approximate surface area is 117 Å². The van der Waals surface area contributed by atoms with Crippen molar-refractivity contribution in [1.82, 2.24) is 0 Å². The Bertz CT molecular complexity index is 500. The first-order valence-electron chi connectivity index (χ1n) is 6.45. The zero-order valence-electron chi connectivity index (χ0n) is 11.4. The predicted octanol–water partition coefficient (Wildman–Crippen LogP) is 1.49. The number of nitrogens with zero attached hydrogens (tertiary/aromatic N) is 1. The quantitative estimate of drug-likeness (QED) is 0.343. The van der Waals surface area contributed by atoms with Gasteiger partial charge < -0.3 is 21.1 Å². The minimum absolute atomic E-state index is 0.0117. The molecule has 1 unspecified atom stereocenters. The number of carboxylic acid groups (broad SMARTS) is 1. The Hall–Kier alpha value is -2.08. The molecule has 0 spiro atoms. The number of aromatic hydroxyl groups is 2. The van der Waals surface area contributed by atoms with Crippen molar-refractivity contribution in [3.63, 3.8) is 0 Å². The van der Waals surface area contributed by atoms with Crippen LogP contribution in [0.3, 0.4) is 0 Å². The smallest absolute Gasteiger partial charge is 0.328 e. The molecule has 0 heterocycles. The van der Waals surface area contributed by atoms with Crippen LogP contribution < -0.4 is 5.73 Å². The van der Waals surface area contributed by atoms with E-state index in [1.54, 1.807) is 6.92 Å². The van der Waals surface area contributed by atoms with Crippen LogP contribution in [0.4, 0.5) is 0 Å². The van der Waals surface area contributed by atoms with Crippen LogP contribution in [0, 0.1) is 0 Å². The maximum atomic E-state index is 11.2. The highest BCUT2D eigenvalue weighted by molar-refractivity contribution is 6.02. The third kappa shape index (κ3) is 4.55. The summed E-state index contributed by atoms with van der Waals surface area (Å²) in [5.74, 6) is -1.07. The number of carboxylic acids is 1. The molecule has 0 aliphatic rings. The van der Waals surface area contributed by atoms with Gasteiger partial charge in [0.1, 0.15) is 17.5 Å². The van der Waals surface area contributed by atoms with Gasteiger partial charge in [0.2, 0.25) is 0 Å². The summed E-state index contributed by atoms with van der Waals surface area (Å²) in [7, 11) is 0. The number of phenolic OH excluding ortho intramolecular Hbond substituents is 2. The average Bonchev–Trinajstić information content (AvgIpc) is 2.40. The van der Waals surface area contributed by atoms with E-state index >= 15 is 0 Å². The Morgan fingerprint density at radius 1 is 1.35 bits per heavy atom. The molecule has 0 bridgehead atoms. The van der Waals surface area contributed by atoms with Gasteiger partial charge in [0.05, 0.1) is 0 Å². The molecule has 0 aromatic heterocycles. The van der Waals surface area contributed by atoms with E-state index in [0.717, 1.165) is 6.42 Å². The molecule has 0 aliphatic carbocycles. The van der Waals surface area contributed by atoms with E-state index < -0.39 is 12.0 Å². The molecule has 110 valence electrons. The van der Waals surface area contributed by atoms with Gasteiger partial charge in [0.25, 0.3) is 0 Å². The van der Waals surface area contributed by atoms with Crippen LogP contribution in [0.2, 0.25) is 0 Å². The number of phenols is 2.